The van der Waals surface area contributed by atoms with Crippen molar-refractivity contribution in [2.45, 2.75) is 31.8 Å². The van der Waals surface area contributed by atoms with Gasteiger partial charge in [-0.25, -0.2) is 13.8 Å². The highest BCUT2D eigenvalue weighted by Gasteiger charge is 2.20. The van der Waals surface area contributed by atoms with E-state index in [0.717, 1.165) is 37.3 Å². The minimum atomic E-state index is -0.823. The number of carbonyl (C=O) groups is 1. The molecule has 1 aromatic heterocycles. The number of rotatable bonds is 8. The number of likely N-dealkylation sites (N-methyl/N-ethyl adjacent to an activating group) is 1. The van der Waals surface area contributed by atoms with Gasteiger partial charge < -0.3 is 20.0 Å². The summed E-state index contributed by atoms with van der Waals surface area (Å²) in [5.74, 6) is -0.223. The van der Waals surface area contributed by atoms with Crippen LogP contribution in [-0.2, 0) is 17.8 Å². The van der Waals surface area contributed by atoms with E-state index in [1.807, 2.05) is 12.1 Å². The molecule has 0 spiro atoms. The number of benzene rings is 1. The SMILES string of the molecule is CN(C)C(=O)CN=C(NCCc1ccco1)NC1CCN(Cc2ccc(F)c(F)c2)CC1. The van der Waals surface area contributed by atoms with Gasteiger partial charge in [0.25, 0.3) is 0 Å². The highest BCUT2D eigenvalue weighted by molar-refractivity contribution is 5.84. The van der Waals surface area contributed by atoms with Crippen molar-refractivity contribution in [2.24, 2.45) is 4.99 Å². The van der Waals surface area contributed by atoms with E-state index in [2.05, 4.69) is 20.5 Å². The maximum absolute atomic E-state index is 13.5. The zero-order chi connectivity index (χ0) is 22.9. The average Bonchev–Trinajstić information content (AvgIpc) is 3.29. The number of piperidine rings is 1. The van der Waals surface area contributed by atoms with Crippen molar-refractivity contribution >= 4 is 11.9 Å². The van der Waals surface area contributed by atoms with Gasteiger partial charge in [-0.05, 0) is 42.7 Å². The van der Waals surface area contributed by atoms with Crippen LogP contribution in [0.1, 0.15) is 24.2 Å². The number of nitrogens with one attached hydrogen (secondary N) is 2. The lowest BCUT2D eigenvalue weighted by Crippen LogP contribution is -2.49. The molecule has 0 bridgehead atoms. The molecular weight excluding hydrogens is 416 g/mol. The van der Waals surface area contributed by atoms with E-state index in [0.29, 0.717) is 25.5 Å². The molecule has 3 rings (SSSR count). The van der Waals surface area contributed by atoms with E-state index >= 15 is 0 Å². The maximum Gasteiger partial charge on any atom is 0.243 e. The van der Waals surface area contributed by atoms with Crippen LogP contribution in [0.15, 0.2) is 46.0 Å². The molecule has 0 radical (unpaired) electrons. The van der Waals surface area contributed by atoms with Crippen molar-refractivity contribution in [2.75, 3.05) is 40.3 Å². The highest BCUT2D eigenvalue weighted by atomic mass is 19.2. The monoisotopic (exact) mass is 447 g/mol. The van der Waals surface area contributed by atoms with E-state index in [1.54, 1.807) is 26.4 Å². The third kappa shape index (κ3) is 7.33. The Hall–Kier alpha value is -2.94. The predicted octanol–water partition coefficient (Wildman–Crippen LogP) is 2.39. The summed E-state index contributed by atoms with van der Waals surface area (Å²) in [5, 5.41) is 6.71. The Labute approximate surface area is 187 Å². The fraction of sp³-hybridized carbons (Fsp3) is 0.478. The summed E-state index contributed by atoms with van der Waals surface area (Å²) in [6.45, 7) is 2.94. The highest BCUT2D eigenvalue weighted by Crippen LogP contribution is 2.16. The smallest absolute Gasteiger partial charge is 0.243 e. The molecule has 2 N–H and O–H groups in total. The lowest BCUT2D eigenvalue weighted by molar-refractivity contribution is -0.127. The Morgan fingerprint density at radius 3 is 2.66 bits per heavy atom. The first-order valence-electron chi connectivity index (χ1n) is 10.8. The van der Waals surface area contributed by atoms with Gasteiger partial charge in [-0.2, -0.15) is 0 Å². The zero-order valence-corrected chi connectivity index (χ0v) is 18.6. The van der Waals surface area contributed by atoms with Crippen molar-refractivity contribution in [3.8, 4) is 0 Å². The van der Waals surface area contributed by atoms with E-state index < -0.39 is 11.6 Å². The molecule has 9 heteroatoms. The molecule has 0 saturated carbocycles. The molecule has 1 aromatic carbocycles. The summed E-state index contributed by atoms with van der Waals surface area (Å²) in [6, 6.07) is 8.04. The predicted molar refractivity (Wildman–Crippen MR) is 119 cm³/mol. The summed E-state index contributed by atoms with van der Waals surface area (Å²) in [7, 11) is 3.41. The molecule has 0 atom stereocenters. The molecule has 1 fully saturated rings. The van der Waals surface area contributed by atoms with Crippen LogP contribution >= 0.6 is 0 Å². The van der Waals surface area contributed by atoms with Gasteiger partial charge in [0, 0.05) is 52.7 Å². The summed E-state index contributed by atoms with van der Waals surface area (Å²) >= 11 is 0. The standard InChI is InChI=1S/C23H31F2N5O2/c1-29(2)22(31)15-27-23(26-10-7-19-4-3-13-32-19)28-18-8-11-30(12-9-18)16-17-5-6-20(24)21(25)14-17/h3-6,13-14,18H,7-12,15-16H2,1-2H3,(H2,26,27,28). The molecule has 2 aromatic rings. The van der Waals surface area contributed by atoms with Gasteiger partial charge in [-0.3, -0.25) is 9.69 Å². The van der Waals surface area contributed by atoms with Gasteiger partial charge in [-0.15, -0.1) is 0 Å². The number of halogens is 2. The second kappa shape index (κ2) is 11.6. The van der Waals surface area contributed by atoms with Crippen LogP contribution < -0.4 is 10.6 Å². The van der Waals surface area contributed by atoms with Crippen LogP contribution in [0.4, 0.5) is 8.78 Å². The van der Waals surface area contributed by atoms with Crippen molar-refractivity contribution < 1.29 is 18.0 Å². The molecule has 2 heterocycles. The van der Waals surface area contributed by atoms with Gasteiger partial charge in [0.1, 0.15) is 12.3 Å². The maximum atomic E-state index is 13.5. The fourth-order valence-corrected chi connectivity index (χ4v) is 3.52. The quantitative estimate of drug-likeness (QED) is 0.480. The van der Waals surface area contributed by atoms with Crippen LogP contribution in [0.25, 0.3) is 0 Å². The summed E-state index contributed by atoms with van der Waals surface area (Å²) < 4.78 is 31.9. The Kier molecular flexibility index (Phi) is 8.61. The summed E-state index contributed by atoms with van der Waals surface area (Å²) in [5.41, 5.74) is 0.763. The van der Waals surface area contributed by atoms with Gasteiger partial charge in [0.15, 0.2) is 17.6 Å². The molecule has 0 aliphatic carbocycles. The second-order valence-electron chi connectivity index (χ2n) is 8.15. The zero-order valence-electron chi connectivity index (χ0n) is 18.6. The first-order valence-corrected chi connectivity index (χ1v) is 10.8. The first-order chi connectivity index (χ1) is 15.4. The third-order valence-corrected chi connectivity index (χ3v) is 5.43. The number of aliphatic imine (C=N–C) groups is 1. The molecular formula is C23H31F2N5O2. The van der Waals surface area contributed by atoms with Crippen molar-refractivity contribution in [1.29, 1.82) is 0 Å². The van der Waals surface area contributed by atoms with Gasteiger partial charge in [0.05, 0.1) is 6.26 Å². The largest absolute Gasteiger partial charge is 0.469 e. The number of hydrogen-bond donors (Lipinski definition) is 2. The normalized spacial score (nSPS) is 15.6. The van der Waals surface area contributed by atoms with Gasteiger partial charge in [0.2, 0.25) is 5.91 Å². The Morgan fingerprint density at radius 1 is 1.22 bits per heavy atom. The fourth-order valence-electron chi connectivity index (χ4n) is 3.52. The molecule has 1 amide bonds. The number of nitrogens with zero attached hydrogens (tertiary/aromatic N) is 3. The number of carbonyl (C=O) groups excluding carboxylic acids is 1. The molecule has 32 heavy (non-hydrogen) atoms. The lowest BCUT2D eigenvalue weighted by atomic mass is 10.0. The number of furan rings is 1. The third-order valence-electron chi connectivity index (χ3n) is 5.43. The molecule has 0 unspecified atom stereocenters. The lowest BCUT2D eigenvalue weighted by Gasteiger charge is -2.33. The number of hydrogen-bond acceptors (Lipinski definition) is 4. The molecule has 1 aliphatic heterocycles. The van der Waals surface area contributed by atoms with Crippen LogP contribution in [-0.4, -0.2) is 68.0 Å². The number of guanidine groups is 1. The minimum Gasteiger partial charge on any atom is -0.469 e. The van der Waals surface area contributed by atoms with E-state index in [4.69, 9.17) is 4.42 Å². The summed E-state index contributed by atoms with van der Waals surface area (Å²) in [6.07, 6.45) is 4.11. The summed E-state index contributed by atoms with van der Waals surface area (Å²) in [4.78, 5) is 20.1. The topological polar surface area (TPSA) is 73.1 Å². The van der Waals surface area contributed by atoms with E-state index in [-0.39, 0.29) is 18.5 Å². The molecule has 7 nitrogen and oxygen atoms in total. The average molecular weight is 448 g/mol. The second-order valence-corrected chi connectivity index (χ2v) is 8.15. The van der Waals surface area contributed by atoms with Crippen molar-refractivity contribution in [3.63, 3.8) is 0 Å². The van der Waals surface area contributed by atoms with E-state index in [9.17, 15) is 13.6 Å². The van der Waals surface area contributed by atoms with Crippen LogP contribution in [0, 0.1) is 11.6 Å². The Bertz CT molecular complexity index is 894. The molecule has 174 valence electrons. The number of likely N-dealkylation sites (tertiary alicyclic amines) is 1. The first kappa shape index (κ1) is 23.7. The van der Waals surface area contributed by atoms with Crippen LogP contribution in [0.3, 0.4) is 0 Å². The number of amides is 1. The van der Waals surface area contributed by atoms with Crippen molar-refractivity contribution in [3.05, 3.63) is 59.6 Å². The van der Waals surface area contributed by atoms with Gasteiger partial charge >= 0.3 is 0 Å². The van der Waals surface area contributed by atoms with Crippen LogP contribution in [0.2, 0.25) is 0 Å². The van der Waals surface area contributed by atoms with E-state index in [1.165, 1.54) is 17.0 Å². The Balaban J connectivity index is 1.50. The minimum absolute atomic E-state index is 0.0675. The van der Waals surface area contributed by atoms with Crippen LogP contribution in [0.5, 0.6) is 0 Å². The molecule has 1 aliphatic rings. The molecule has 1 saturated heterocycles. The van der Waals surface area contributed by atoms with Crippen molar-refractivity contribution in [1.82, 2.24) is 20.4 Å². The van der Waals surface area contributed by atoms with Gasteiger partial charge in [-0.1, -0.05) is 6.07 Å². The Morgan fingerprint density at radius 2 is 2.00 bits per heavy atom.